The molecule has 0 aliphatic rings. The third kappa shape index (κ3) is 5.72. The van der Waals surface area contributed by atoms with E-state index in [2.05, 4.69) is 5.32 Å². The van der Waals surface area contributed by atoms with Crippen LogP contribution >= 0.6 is 0 Å². The molecule has 0 spiro atoms. The van der Waals surface area contributed by atoms with Gasteiger partial charge in [-0.25, -0.2) is 0 Å². The number of primary amides is 1. The Morgan fingerprint density at radius 1 is 1.33 bits per heavy atom. The van der Waals surface area contributed by atoms with Crippen LogP contribution in [-0.4, -0.2) is 35.0 Å². The molecule has 0 radical (unpaired) electrons. The van der Waals surface area contributed by atoms with E-state index in [0.717, 1.165) is 5.56 Å². The van der Waals surface area contributed by atoms with Crippen molar-refractivity contribution >= 4 is 18.1 Å². The van der Waals surface area contributed by atoms with E-state index in [1.54, 1.807) is 0 Å². The lowest BCUT2D eigenvalue weighted by molar-refractivity contribution is -0.140. The average molecular weight is 293 g/mol. The lowest BCUT2D eigenvalue weighted by Crippen LogP contribution is -2.55. The van der Waals surface area contributed by atoms with Crippen molar-refractivity contribution in [3.8, 4) is 0 Å². The van der Waals surface area contributed by atoms with Crippen LogP contribution < -0.4 is 16.8 Å². The molecule has 0 fully saturated rings. The zero-order valence-electron chi connectivity index (χ0n) is 11.5. The molecule has 6 N–H and O–H groups in total. The van der Waals surface area contributed by atoms with Crippen LogP contribution in [0.5, 0.6) is 0 Å². The monoisotopic (exact) mass is 293 g/mol. The van der Waals surface area contributed by atoms with Gasteiger partial charge in [-0.2, -0.15) is 0 Å². The van der Waals surface area contributed by atoms with Crippen molar-refractivity contribution in [2.24, 2.45) is 11.5 Å². The molecule has 0 aliphatic carbocycles. The summed E-state index contributed by atoms with van der Waals surface area (Å²) in [5.74, 6) is -1.55. The molecule has 0 aliphatic heterocycles. The van der Waals surface area contributed by atoms with Gasteiger partial charge >= 0.3 is 0 Å². The number of aryl methyl sites for hydroxylation is 1. The van der Waals surface area contributed by atoms with Crippen LogP contribution in [0.1, 0.15) is 18.4 Å². The molecule has 1 aromatic rings. The number of nitrogens with two attached hydrogens (primary N) is 2. The van der Waals surface area contributed by atoms with Crippen LogP contribution in [0, 0.1) is 0 Å². The highest BCUT2D eigenvalue weighted by Gasteiger charge is 2.30. The number of nitrogens with one attached hydrogen (secondary N) is 1. The van der Waals surface area contributed by atoms with Gasteiger partial charge in [-0.1, -0.05) is 30.3 Å². The van der Waals surface area contributed by atoms with E-state index in [1.807, 2.05) is 30.3 Å². The van der Waals surface area contributed by atoms with Crippen molar-refractivity contribution in [3.05, 3.63) is 35.9 Å². The highest BCUT2D eigenvalue weighted by molar-refractivity contribution is 5.89. The predicted octanol–water partition coefficient (Wildman–Crippen LogP) is -1.17. The van der Waals surface area contributed by atoms with Crippen LogP contribution in [0.3, 0.4) is 0 Å². The number of hydrogen-bond acceptors (Lipinski definition) is 5. The van der Waals surface area contributed by atoms with E-state index in [9.17, 15) is 19.5 Å². The van der Waals surface area contributed by atoms with E-state index in [0.29, 0.717) is 6.42 Å². The zero-order chi connectivity index (χ0) is 15.9. The Kier molecular flexibility index (Phi) is 6.01. The highest BCUT2D eigenvalue weighted by Crippen LogP contribution is 2.10. The average Bonchev–Trinajstić information content (AvgIpc) is 2.45. The van der Waals surface area contributed by atoms with Crippen molar-refractivity contribution in [1.29, 1.82) is 0 Å². The molecule has 0 saturated carbocycles. The molecule has 7 heteroatoms. The Labute approximate surface area is 122 Å². The van der Waals surface area contributed by atoms with Gasteiger partial charge in [0.1, 0.15) is 0 Å². The fourth-order valence-electron chi connectivity index (χ4n) is 1.75. The van der Waals surface area contributed by atoms with Crippen LogP contribution in [0.25, 0.3) is 0 Å². The van der Waals surface area contributed by atoms with Crippen LogP contribution in [0.4, 0.5) is 0 Å². The van der Waals surface area contributed by atoms with Crippen molar-refractivity contribution in [2.45, 2.75) is 31.0 Å². The summed E-state index contributed by atoms with van der Waals surface area (Å²) in [6, 6.07) is 7.98. The summed E-state index contributed by atoms with van der Waals surface area (Å²) in [4.78, 5) is 33.4. The van der Waals surface area contributed by atoms with Crippen LogP contribution in [0.15, 0.2) is 30.3 Å². The second-order valence-electron chi connectivity index (χ2n) is 4.79. The van der Waals surface area contributed by atoms with E-state index in [4.69, 9.17) is 11.5 Å². The minimum atomic E-state index is -2.03. The Morgan fingerprint density at radius 3 is 2.48 bits per heavy atom. The first kappa shape index (κ1) is 16.8. The molecule has 2 atom stereocenters. The number of carbonyl (C=O) groups is 3. The first-order chi connectivity index (χ1) is 9.86. The van der Waals surface area contributed by atoms with E-state index in [-0.39, 0.29) is 19.1 Å². The Balaban J connectivity index is 2.61. The van der Waals surface area contributed by atoms with Gasteiger partial charge in [0, 0.05) is 6.42 Å². The third-order valence-electron chi connectivity index (χ3n) is 2.93. The molecule has 1 rings (SSSR count). The first-order valence-corrected chi connectivity index (χ1v) is 6.45. The van der Waals surface area contributed by atoms with Gasteiger partial charge in [-0.05, 0) is 12.0 Å². The Bertz CT molecular complexity index is 506. The number of aldehydes is 1. The molecule has 0 bridgehead atoms. The van der Waals surface area contributed by atoms with Gasteiger partial charge in [-0.15, -0.1) is 0 Å². The maximum atomic E-state index is 11.7. The largest absolute Gasteiger partial charge is 0.370 e. The third-order valence-corrected chi connectivity index (χ3v) is 2.93. The number of rotatable bonds is 8. The second kappa shape index (κ2) is 7.51. The summed E-state index contributed by atoms with van der Waals surface area (Å²) in [5, 5.41) is 12.2. The topological polar surface area (TPSA) is 136 Å². The molecule has 0 heterocycles. The maximum absolute atomic E-state index is 11.7. The molecule has 0 saturated heterocycles. The van der Waals surface area contributed by atoms with E-state index < -0.39 is 23.6 Å². The number of amides is 2. The van der Waals surface area contributed by atoms with Crippen LogP contribution in [0.2, 0.25) is 0 Å². The molecule has 21 heavy (non-hydrogen) atoms. The number of aliphatic hydroxyl groups is 1. The lowest BCUT2D eigenvalue weighted by atomic mass is 10.0. The summed E-state index contributed by atoms with van der Waals surface area (Å²) >= 11 is 0. The van der Waals surface area contributed by atoms with E-state index in [1.165, 1.54) is 0 Å². The van der Waals surface area contributed by atoms with Crippen molar-refractivity contribution in [1.82, 2.24) is 5.32 Å². The minimum Gasteiger partial charge on any atom is -0.370 e. The molecule has 7 nitrogen and oxygen atoms in total. The number of carbonyl (C=O) groups excluding carboxylic acids is 3. The van der Waals surface area contributed by atoms with Gasteiger partial charge in [0.2, 0.25) is 11.8 Å². The second-order valence-corrected chi connectivity index (χ2v) is 4.79. The fourth-order valence-corrected chi connectivity index (χ4v) is 1.75. The summed E-state index contributed by atoms with van der Waals surface area (Å²) in [5.41, 5.74) is 9.26. The number of benzene rings is 1. The maximum Gasteiger partial charge on any atom is 0.239 e. The zero-order valence-corrected chi connectivity index (χ0v) is 11.5. The van der Waals surface area contributed by atoms with Gasteiger partial charge in [0.15, 0.2) is 12.0 Å². The minimum absolute atomic E-state index is 0.00442. The van der Waals surface area contributed by atoms with Gasteiger partial charge in [0.05, 0.1) is 12.5 Å². The summed E-state index contributed by atoms with van der Waals surface area (Å²) in [6.45, 7) is 0. The smallest absolute Gasteiger partial charge is 0.239 e. The SMILES string of the molecule is NC(=O)C[C@H](N)C(=O)NC(O)(C=O)CCc1ccccc1. The summed E-state index contributed by atoms with van der Waals surface area (Å²) in [7, 11) is 0. The molecular weight excluding hydrogens is 274 g/mol. The molecular formula is C14H19N3O4. The van der Waals surface area contributed by atoms with Crippen molar-refractivity contribution in [3.63, 3.8) is 0 Å². The summed E-state index contributed by atoms with van der Waals surface area (Å²) < 4.78 is 0. The van der Waals surface area contributed by atoms with Crippen molar-refractivity contribution < 1.29 is 19.5 Å². The standard InChI is InChI=1S/C14H19N3O4/c15-11(8-12(16)19)13(20)17-14(21,9-18)7-6-10-4-2-1-3-5-10/h1-5,9,11,21H,6-8,15H2,(H2,16,19)(H,17,20)/t11-,14?/m0/s1. The Hall–Kier alpha value is -2.25. The van der Waals surface area contributed by atoms with Crippen LogP contribution in [-0.2, 0) is 20.8 Å². The highest BCUT2D eigenvalue weighted by atomic mass is 16.3. The van der Waals surface area contributed by atoms with Gasteiger partial charge in [0.25, 0.3) is 0 Å². The lowest BCUT2D eigenvalue weighted by Gasteiger charge is -2.24. The molecule has 0 aromatic heterocycles. The molecule has 2 amide bonds. The van der Waals surface area contributed by atoms with E-state index >= 15 is 0 Å². The quantitative estimate of drug-likeness (QED) is 0.353. The van der Waals surface area contributed by atoms with Gasteiger partial charge < -0.3 is 21.9 Å². The predicted molar refractivity (Wildman–Crippen MR) is 75.7 cm³/mol. The molecule has 1 unspecified atom stereocenters. The molecule has 114 valence electrons. The fraction of sp³-hybridized carbons (Fsp3) is 0.357. The normalized spacial score (nSPS) is 14.8. The number of hydrogen-bond donors (Lipinski definition) is 4. The first-order valence-electron chi connectivity index (χ1n) is 6.45. The Morgan fingerprint density at radius 2 is 1.95 bits per heavy atom. The van der Waals surface area contributed by atoms with Crippen molar-refractivity contribution in [2.75, 3.05) is 0 Å². The summed E-state index contributed by atoms with van der Waals surface area (Å²) in [6.07, 6.45) is 0.265. The van der Waals surface area contributed by atoms with Gasteiger partial charge in [-0.3, -0.25) is 14.4 Å². The molecule has 1 aromatic carbocycles.